The maximum absolute atomic E-state index is 5.34. The number of anilines is 1. The van der Waals surface area contributed by atoms with Gasteiger partial charge in [0.05, 0.1) is 0 Å². The first-order chi connectivity index (χ1) is 8.77. The number of rotatable bonds is 10. The van der Waals surface area contributed by atoms with Crippen LogP contribution in [0.15, 0.2) is 12.4 Å². The molecule has 1 heterocycles. The Morgan fingerprint density at radius 3 is 3.00 bits per heavy atom. The molecule has 1 N–H and O–H groups in total. The van der Waals surface area contributed by atoms with Crippen LogP contribution < -0.4 is 5.32 Å². The molecular formula is C13H26N4O. The van der Waals surface area contributed by atoms with E-state index >= 15 is 0 Å². The smallest absolute Gasteiger partial charge is 0.202 e. The van der Waals surface area contributed by atoms with E-state index in [4.69, 9.17) is 4.74 Å². The highest BCUT2D eigenvalue weighted by molar-refractivity contribution is 5.25. The van der Waals surface area contributed by atoms with E-state index in [-0.39, 0.29) is 0 Å². The number of imidazole rings is 1. The number of hydrogen-bond donors (Lipinski definition) is 1. The predicted octanol–water partition coefficient (Wildman–Crippen LogP) is 1.67. The zero-order valence-electron chi connectivity index (χ0n) is 11.9. The van der Waals surface area contributed by atoms with Crippen LogP contribution in [0.5, 0.6) is 0 Å². The fourth-order valence-corrected chi connectivity index (χ4v) is 1.65. The van der Waals surface area contributed by atoms with E-state index < -0.39 is 0 Å². The highest BCUT2D eigenvalue weighted by Crippen LogP contribution is 2.05. The molecule has 104 valence electrons. The van der Waals surface area contributed by atoms with Crippen LogP contribution in [0.2, 0.25) is 0 Å². The summed E-state index contributed by atoms with van der Waals surface area (Å²) in [6.45, 7) is 9.76. The van der Waals surface area contributed by atoms with Gasteiger partial charge in [-0.25, -0.2) is 4.98 Å². The summed E-state index contributed by atoms with van der Waals surface area (Å²) in [4.78, 5) is 6.60. The van der Waals surface area contributed by atoms with Gasteiger partial charge in [0.15, 0.2) is 0 Å². The third kappa shape index (κ3) is 5.51. The quantitative estimate of drug-likeness (QED) is 0.645. The van der Waals surface area contributed by atoms with Gasteiger partial charge in [0.2, 0.25) is 5.95 Å². The first-order valence-electron chi connectivity index (χ1n) is 6.79. The van der Waals surface area contributed by atoms with Crippen LogP contribution in [0.4, 0.5) is 5.95 Å². The molecule has 1 aromatic heterocycles. The van der Waals surface area contributed by atoms with Crippen molar-refractivity contribution in [3.05, 3.63) is 12.4 Å². The van der Waals surface area contributed by atoms with Gasteiger partial charge < -0.3 is 19.5 Å². The van der Waals surface area contributed by atoms with Gasteiger partial charge in [-0.3, -0.25) is 0 Å². The Balaban J connectivity index is 2.26. The van der Waals surface area contributed by atoms with Crippen LogP contribution in [-0.2, 0) is 11.3 Å². The Kier molecular flexibility index (Phi) is 7.44. The highest BCUT2D eigenvalue weighted by atomic mass is 16.5. The minimum atomic E-state index is 0.790. The van der Waals surface area contributed by atoms with Crippen molar-refractivity contribution in [2.75, 3.05) is 45.2 Å². The number of aryl methyl sites for hydroxylation is 1. The molecule has 0 bridgehead atoms. The first-order valence-corrected chi connectivity index (χ1v) is 6.79. The summed E-state index contributed by atoms with van der Waals surface area (Å²) in [5, 5.41) is 3.37. The Labute approximate surface area is 110 Å². The summed E-state index contributed by atoms with van der Waals surface area (Å²) < 4.78 is 7.48. The molecule has 5 heteroatoms. The van der Waals surface area contributed by atoms with Crippen molar-refractivity contribution in [2.24, 2.45) is 0 Å². The topological polar surface area (TPSA) is 42.3 Å². The van der Waals surface area contributed by atoms with Gasteiger partial charge in [-0.05, 0) is 26.9 Å². The standard InChI is InChI=1S/C13H26N4O/c1-4-16(3)10-7-14-13-15-8-11-17(13)9-6-12-18-5-2/h8,11H,4-7,9-10,12H2,1-3H3,(H,14,15). The summed E-state index contributed by atoms with van der Waals surface area (Å²) in [5.41, 5.74) is 0. The maximum atomic E-state index is 5.34. The summed E-state index contributed by atoms with van der Waals surface area (Å²) in [6.07, 6.45) is 4.87. The molecule has 0 saturated carbocycles. The molecule has 18 heavy (non-hydrogen) atoms. The minimum absolute atomic E-state index is 0.790. The predicted molar refractivity (Wildman–Crippen MR) is 75.0 cm³/mol. The molecule has 5 nitrogen and oxygen atoms in total. The normalized spacial score (nSPS) is 11.1. The van der Waals surface area contributed by atoms with Crippen molar-refractivity contribution in [2.45, 2.75) is 26.8 Å². The van der Waals surface area contributed by atoms with Crippen LogP contribution in [0.25, 0.3) is 0 Å². The number of ether oxygens (including phenoxy) is 1. The van der Waals surface area contributed by atoms with Crippen molar-refractivity contribution in [3.8, 4) is 0 Å². The second-order valence-electron chi connectivity index (χ2n) is 4.32. The maximum Gasteiger partial charge on any atom is 0.202 e. The van der Waals surface area contributed by atoms with E-state index in [9.17, 15) is 0 Å². The molecule has 0 spiro atoms. The van der Waals surface area contributed by atoms with Crippen molar-refractivity contribution in [3.63, 3.8) is 0 Å². The summed E-state index contributed by atoms with van der Waals surface area (Å²) in [6, 6.07) is 0. The Hall–Kier alpha value is -1.07. The van der Waals surface area contributed by atoms with Crippen LogP contribution in [0, 0.1) is 0 Å². The highest BCUT2D eigenvalue weighted by Gasteiger charge is 2.02. The molecule has 0 radical (unpaired) electrons. The summed E-state index contributed by atoms with van der Waals surface area (Å²) in [7, 11) is 2.12. The van der Waals surface area contributed by atoms with Crippen LogP contribution in [-0.4, -0.2) is 54.3 Å². The van der Waals surface area contributed by atoms with E-state index in [1.165, 1.54) is 0 Å². The molecule has 0 aliphatic rings. The molecule has 0 unspecified atom stereocenters. The van der Waals surface area contributed by atoms with Gasteiger partial charge >= 0.3 is 0 Å². The molecule has 0 saturated heterocycles. The average molecular weight is 254 g/mol. The molecular weight excluding hydrogens is 228 g/mol. The van der Waals surface area contributed by atoms with Gasteiger partial charge in [0.25, 0.3) is 0 Å². The lowest BCUT2D eigenvalue weighted by Gasteiger charge is -2.15. The molecule has 0 aromatic carbocycles. The number of nitrogens with one attached hydrogen (secondary N) is 1. The van der Waals surface area contributed by atoms with E-state index in [2.05, 4.69) is 33.7 Å². The van der Waals surface area contributed by atoms with Gasteiger partial charge in [-0.2, -0.15) is 0 Å². The lowest BCUT2D eigenvalue weighted by atomic mass is 10.4. The van der Waals surface area contributed by atoms with Crippen molar-refractivity contribution < 1.29 is 4.74 Å². The Morgan fingerprint density at radius 1 is 1.44 bits per heavy atom. The summed E-state index contributed by atoms with van der Waals surface area (Å²) >= 11 is 0. The Morgan fingerprint density at radius 2 is 2.28 bits per heavy atom. The Bertz CT molecular complexity index is 314. The van der Waals surface area contributed by atoms with Gasteiger partial charge in [0.1, 0.15) is 0 Å². The fraction of sp³-hybridized carbons (Fsp3) is 0.769. The lowest BCUT2D eigenvalue weighted by Crippen LogP contribution is -2.25. The third-order valence-corrected chi connectivity index (χ3v) is 2.92. The van der Waals surface area contributed by atoms with Crippen LogP contribution in [0.3, 0.4) is 0 Å². The van der Waals surface area contributed by atoms with Gasteiger partial charge in [-0.1, -0.05) is 6.92 Å². The van der Waals surface area contributed by atoms with Crippen LogP contribution in [0.1, 0.15) is 20.3 Å². The summed E-state index contributed by atoms with van der Waals surface area (Å²) in [5.74, 6) is 0.955. The molecule has 0 fully saturated rings. The number of aromatic nitrogens is 2. The molecule has 0 aliphatic carbocycles. The molecule has 0 amide bonds. The second-order valence-corrected chi connectivity index (χ2v) is 4.32. The molecule has 1 rings (SSSR count). The number of likely N-dealkylation sites (N-methyl/N-ethyl adjacent to an activating group) is 1. The van der Waals surface area contributed by atoms with Crippen LogP contribution >= 0.6 is 0 Å². The third-order valence-electron chi connectivity index (χ3n) is 2.92. The molecule has 1 aromatic rings. The zero-order valence-corrected chi connectivity index (χ0v) is 11.9. The number of hydrogen-bond acceptors (Lipinski definition) is 4. The monoisotopic (exact) mass is 254 g/mol. The SMILES string of the molecule is CCOCCCn1ccnc1NCCN(C)CC. The largest absolute Gasteiger partial charge is 0.382 e. The van der Waals surface area contributed by atoms with Gasteiger partial charge in [-0.15, -0.1) is 0 Å². The van der Waals surface area contributed by atoms with Gasteiger partial charge in [0, 0.05) is 45.2 Å². The number of nitrogens with zero attached hydrogens (tertiary/aromatic N) is 3. The van der Waals surface area contributed by atoms with Crippen molar-refractivity contribution in [1.82, 2.24) is 14.5 Å². The zero-order chi connectivity index (χ0) is 13.2. The lowest BCUT2D eigenvalue weighted by molar-refractivity contribution is 0.142. The molecule has 0 aliphatic heterocycles. The van der Waals surface area contributed by atoms with Crippen molar-refractivity contribution in [1.29, 1.82) is 0 Å². The fourth-order valence-electron chi connectivity index (χ4n) is 1.65. The van der Waals surface area contributed by atoms with Crippen molar-refractivity contribution >= 4 is 5.95 Å². The molecule has 0 atom stereocenters. The van der Waals surface area contributed by atoms with E-state index in [1.54, 1.807) is 0 Å². The van der Waals surface area contributed by atoms with E-state index in [1.807, 2.05) is 19.3 Å². The van der Waals surface area contributed by atoms with E-state index in [0.29, 0.717) is 0 Å². The second kappa shape index (κ2) is 8.94. The minimum Gasteiger partial charge on any atom is -0.382 e. The van der Waals surface area contributed by atoms with E-state index in [0.717, 1.165) is 51.8 Å². The first kappa shape index (κ1) is 15.0. The average Bonchev–Trinajstić information content (AvgIpc) is 2.82.